The van der Waals surface area contributed by atoms with Gasteiger partial charge in [-0.05, 0) is 49.7 Å². The van der Waals surface area contributed by atoms with Crippen LogP contribution in [0.1, 0.15) is 46.5 Å². The summed E-state index contributed by atoms with van der Waals surface area (Å²) in [6.07, 6.45) is 6.73. The number of aldehydes is 1. The van der Waals surface area contributed by atoms with Crippen molar-refractivity contribution in [2.45, 2.75) is 52.6 Å². The SMILES string of the molecule is C/C(C=O)=C1\C=C2[C@@H](C)CC[C@@H](O)[C@]2(C)CC1. The summed E-state index contributed by atoms with van der Waals surface area (Å²) in [6, 6.07) is 0. The number of carbonyl (C=O) groups is 1. The predicted molar refractivity (Wildman–Crippen MR) is 68.6 cm³/mol. The number of aliphatic hydroxyl groups is 1. The second kappa shape index (κ2) is 4.41. The minimum Gasteiger partial charge on any atom is -0.392 e. The Morgan fingerprint density at radius 2 is 2.24 bits per heavy atom. The van der Waals surface area contributed by atoms with E-state index < -0.39 is 0 Å². The molecule has 2 aliphatic rings. The summed E-state index contributed by atoms with van der Waals surface area (Å²) in [5.74, 6) is 0.526. The van der Waals surface area contributed by atoms with Crippen LogP contribution < -0.4 is 0 Å². The van der Waals surface area contributed by atoms with Crippen molar-refractivity contribution in [3.05, 3.63) is 22.8 Å². The van der Waals surface area contributed by atoms with Crippen molar-refractivity contribution in [1.29, 1.82) is 0 Å². The average molecular weight is 234 g/mol. The number of aliphatic hydroxyl groups excluding tert-OH is 1. The molecule has 0 unspecified atom stereocenters. The molecular formula is C15H22O2. The Labute approximate surface area is 103 Å². The molecule has 0 spiro atoms. The molecule has 2 heteroatoms. The molecule has 1 fully saturated rings. The zero-order chi connectivity index (χ0) is 12.6. The lowest BCUT2D eigenvalue weighted by Crippen LogP contribution is -2.42. The van der Waals surface area contributed by atoms with E-state index in [0.29, 0.717) is 5.92 Å². The third kappa shape index (κ3) is 1.99. The van der Waals surface area contributed by atoms with E-state index in [1.165, 1.54) is 5.57 Å². The van der Waals surface area contributed by atoms with Crippen molar-refractivity contribution < 1.29 is 9.90 Å². The first kappa shape index (κ1) is 12.6. The first-order valence-corrected chi connectivity index (χ1v) is 6.54. The number of carbonyl (C=O) groups excluding carboxylic acids is 1. The van der Waals surface area contributed by atoms with Crippen molar-refractivity contribution >= 4 is 6.29 Å². The summed E-state index contributed by atoms with van der Waals surface area (Å²) in [5.41, 5.74) is 3.28. The van der Waals surface area contributed by atoms with Gasteiger partial charge in [0.1, 0.15) is 6.29 Å². The van der Waals surface area contributed by atoms with Crippen LogP contribution in [0.2, 0.25) is 0 Å². The van der Waals surface area contributed by atoms with Gasteiger partial charge in [-0.3, -0.25) is 4.79 Å². The van der Waals surface area contributed by atoms with E-state index in [1.807, 2.05) is 6.92 Å². The molecule has 1 saturated carbocycles. The van der Waals surface area contributed by atoms with E-state index >= 15 is 0 Å². The van der Waals surface area contributed by atoms with E-state index in [0.717, 1.165) is 43.1 Å². The topological polar surface area (TPSA) is 37.3 Å². The maximum Gasteiger partial charge on any atom is 0.146 e. The Kier molecular flexibility index (Phi) is 3.26. The summed E-state index contributed by atoms with van der Waals surface area (Å²) in [4.78, 5) is 10.9. The normalized spacial score (nSPS) is 40.4. The zero-order valence-electron chi connectivity index (χ0n) is 11.0. The molecule has 1 N–H and O–H groups in total. The van der Waals surface area contributed by atoms with E-state index in [1.54, 1.807) is 0 Å². The Hall–Kier alpha value is -0.890. The fourth-order valence-electron chi connectivity index (χ4n) is 3.30. The van der Waals surface area contributed by atoms with Gasteiger partial charge in [-0.15, -0.1) is 0 Å². The Bertz CT molecular complexity index is 392. The van der Waals surface area contributed by atoms with Crippen LogP contribution in [-0.2, 0) is 4.79 Å². The highest BCUT2D eigenvalue weighted by molar-refractivity contribution is 5.75. The molecule has 0 bridgehead atoms. The molecule has 0 saturated heterocycles. The molecule has 2 aliphatic carbocycles. The first-order valence-electron chi connectivity index (χ1n) is 6.54. The highest BCUT2D eigenvalue weighted by atomic mass is 16.3. The van der Waals surface area contributed by atoms with Gasteiger partial charge in [-0.25, -0.2) is 0 Å². The van der Waals surface area contributed by atoms with Crippen LogP contribution in [0.3, 0.4) is 0 Å². The Morgan fingerprint density at radius 1 is 1.53 bits per heavy atom. The standard InChI is InChI=1S/C15H22O2/c1-10-4-5-14(17)15(3)7-6-12(8-13(10)15)11(2)9-16/h8-10,14,17H,4-7H2,1-3H3/b12-11+/t10-,14+,15+/m0/s1. The van der Waals surface area contributed by atoms with Crippen LogP contribution in [0, 0.1) is 11.3 Å². The quantitative estimate of drug-likeness (QED) is 0.559. The van der Waals surface area contributed by atoms with Gasteiger partial charge in [-0.2, -0.15) is 0 Å². The maximum absolute atomic E-state index is 10.9. The minimum absolute atomic E-state index is 0.0651. The van der Waals surface area contributed by atoms with Crippen molar-refractivity contribution in [2.75, 3.05) is 0 Å². The van der Waals surface area contributed by atoms with E-state index in [-0.39, 0.29) is 11.5 Å². The maximum atomic E-state index is 10.9. The van der Waals surface area contributed by atoms with Gasteiger partial charge < -0.3 is 5.11 Å². The molecule has 0 amide bonds. The highest BCUT2D eigenvalue weighted by Gasteiger charge is 2.43. The van der Waals surface area contributed by atoms with Crippen molar-refractivity contribution in [3.8, 4) is 0 Å². The molecular weight excluding hydrogens is 212 g/mol. The Morgan fingerprint density at radius 3 is 2.88 bits per heavy atom. The zero-order valence-corrected chi connectivity index (χ0v) is 11.0. The van der Waals surface area contributed by atoms with E-state index in [9.17, 15) is 9.90 Å². The molecule has 94 valence electrons. The average Bonchev–Trinajstić information content (AvgIpc) is 2.33. The summed E-state index contributed by atoms with van der Waals surface area (Å²) < 4.78 is 0. The second-order valence-corrected chi connectivity index (χ2v) is 5.84. The lowest BCUT2D eigenvalue weighted by atomic mass is 9.60. The molecule has 2 nitrogen and oxygen atoms in total. The first-order chi connectivity index (χ1) is 7.99. The molecule has 0 radical (unpaired) electrons. The molecule has 0 heterocycles. The minimum atomic E-state index is -0.219. The fourth-order valence-corrected chi connectivity index (χ4v) is 3.30. The summed E-state index contributed by atoms with van der Waals surface area (Å²) >= 11 is 0. The van der Waals surface area contributed by atoms with Crippen molar-refractivity contribution in [3.63, 3.8) is 0 Å². The largest absolute Gasteiger partial charge is 0.392 e. The molecule has 0 aromatic carbocycles. The van der Waals surface area contributed by atoms with Gasteiger partial charge in [0.2, 0.25) is 0 Å². The van der Waals surface area contributed by atoms with Crippen LogP contribution in [0.15, 0.2) is 22.8 Å². The molecule has 3 atom stereocenters. The van der Waals surface area contributed by atoms with Gasteiger partial charge in [0.25, 0.3) is 0 Å². The van der Waals surface area contributed by atoms with Crippen LogP contribution >= 0.6 is 0 Å². The van der Waals surface area contributed by atoms with Crippen molar-refractivity contribution in [1.82, 2.24) is 0 Å². The predicted octanol–water partition coefficient (Wildman–Crippen LogP) is 3.02. The van der Waals surface area contributed by atoms with Crippen LogP contribution in [-0.4, -0.2) is 17.5 Å². The van der Waals surface area contributed by atoms with Crippen LogP contribution in [0.5, 0.6) is 0 Å². The van der Waals surface area contributed by atoms with Gasteiger partial charge in [0.15, 0.2) is 0 Å². The monoisotopic (exact) mass is 234 g/mol. The highest BCUT2D eigenvalue weighted by Crippen LogP contribution is 2.50. The molecule has 0 aromatic heterocycles. The number of fused-ring (bicyclic) bond motifs is 1. The number of allylic oxidation sites excluding steroid dienone is 3. The van der Waals surface area contributed by atoms with Gasteiger partial charge >= 0.3 is 0 Å². The number of hydrogen-bond donors (Lipinski definition) is 1. The van der Waals surface area contributed by atoms with Crippen molar-refractivity contribution in [2.24, 2.45) is 11.3 Å². The van der Waals surface area contributed by atoms with E-state index in [4.69, 9.17) is 0 Å². The number of rotatable bonds is 1. The van der Waals surface area contributed by atoms with Crippen LogP contribution in [0.4, 0.5) is 0 Å². The molecule has 0 aromatic rings. The molecule has 17 heavy (non-hydrogen) atoms. The summed E-state index contributed by atoms with van der Waals surface area (Å²) in [7, 11) is 0. The smallest absolute Gasteiger partial charge is 0.146 e. The molecule has 0 aliphatic heterocycles. The van der Waals surface area contributed by atoms with Gasteiger partial charge in [0, 0.05) is 5.41 Å². The lowest BCUT2D eigenvalue weighted by molar-refractivity contribution is -0.104. The third-order valence-corrected chi connectivity index (χ3v) is 4.73. The van der Waals surface area contributed by atoms with Gasteiger partial charge in [-0.1, -0.05) is 25.5 Å². The third-order valence-electron chi connectivity index (χ3n) is 4.73. The summed E-state index contributed by atoms with van der Waals surface area (Å²) in [5, 5.41) is 10.2. The molecule has 2 rings (SSSR count). The lowest BCUT2D eigenvalue weighted by Gasteiger charge is -2.46. The van der Waals surface area contributed by atoms with Crippen LogP contribution in [0.25, 0.3) is 0 Å². The van der Waals surface area contributed by atoms with Gasteiger partial charge in [0.05, 0.1) is 6.10 Å². The summed E-state index contributed by atoms with van der Waals surface area (Å²) in [6.45, 7) is 6.29. The van der Waals surface area contributed by atoms with E-state index in [2.05, 4.69) is 19.9 Å². The Balaban J connectivity index is 2.44. The second-order valence-electron chi connectivity index (χ2n) is 5.84. The number of hydrogen-bond acceptors (Lipinski definition) is 2. The fraction of sp³-hybridized carbons (Fsp3) is 0.667.